The lowest BCUT2D eigenvalue weighted by Crippen LogP contribution is -2.44. The highest BCUT2D eigenvalue weighted by Gasteiger charge is 2.56. The van der Waals surface area contributed by atoms with Gasteiger partial charge in [0.2, 0.25) is 5.91 Å². The number of hydrogen-bond donors (Lipinski definition) is 1. The molecular weight excluding hydrogens is 266 g/mol. The van der Waals surface area contributed by atoms with E-state index in [1.165, 1.54) is 0 Å². The highest BCUT2D eigenvalue weighted by Crippen LogP contribution is 2.50. The lowest BCUT2D eigenvalue weighted by molar-refractivity contribution is -0.138. The van der Waals surface area contributed by atoms with Gasteiger partial charge in [-0.2, -0.15) is 5.10 Å². The van der Waals surface area contributed by atoms with Gasteiger partial charge in [0.15, 0.2) is 0 Å². The van der Waals surface area contributed by atoms with E-state index < -0.39 is 5.60 Å². The van der Waals surface area contributed by atoms with Crippen molar-refractivity contribution in [3.8, 4) is 0 Å². The molecule has 1 aromatic heterocycles. The zero-order valence-electron chi connectivity index (χ0n) is 13.1. The first-order valence-electron chi connectivity index (χ1n) is 7.86. The highest BCUT2D eigenvalue weighted by atomic mass is 16.3. The first-order valence-corrected chi connectivity index (χ1v) is 7.86. The number of rotatable bonds is 4. The van der Waals surface area contributed by atoms with Crippen LogP contribution in [0.1, 0.15) is 33.6 Å². The predicted molar refractivity (Wildman–Crippen MR) is 79.4 cm³/mol. The monoisotopic (exact) mass is 291 g/mol. The maximum Gasteiger partial charge on any atom is 0.230 e. The normalized spacial score (nSPS) is 30.9. The average Bonchev–Trinajstić information content (AvgIpc) is 2.88. The molecule has 1 N–H and O–H groups in total. The molecule has 5 heteroatoms. The van der Waals surface area contributed by atoms with Crippen LogP contribution in [0.2, 0.25) is 0 Å². The second kappa shape index (κ2) is 4.83. The summed E-state index contributed by atoms with van der Waals surface area (Å²) in [4.78, 5) is 14.8. The highest BCUT2D eigenvalue weighted by molar-refractivity contribution is 5.85. The van der Waals surface area contributed by atoms with Crippen LogP contribution in [0.15, 0.2) is 18.5 Å². The molecule has 1 saturated carbocycles. The van der Waals surface area contributed by atoms with Crippen molar-refractivity contribution in [3.05, 3.63) is 18.5 Å². The summed E-state index contributed by atoms with van der Waals surface area (Å²) < 4.78 is 1.85. The molecule has 0 unspecified atom stereocenters. The van der Waals surface area contributed by atoms with Crippen molar-refractivity contribution in [1.82, 2.24) is 14.7 Å². The summed E-state index contributed by atoms with van der Waals surface area (Å²) in [5.74, 6) is 0.481. The number of likely N-dealkylation sites (tertiary alicyclic amines) is 1. The maximum atomic E-state index is 12.9. The summed E-state index contributed by atoms with van der Waals surface area (Å²) in [6, 6.07) is 1.88. The molecule has 3 rings (SSSR count). The number of amides is 1. The fraction of sp³-hybridized carbons (Fsp3) is 0.750. The van der Waals surface area contributed by atoms with Crippen LogP contribution in [0.5, 0.6) is 0 Å². The van der Waals surface area contributed by atoms with Crippen LogP contribution in [0.4, 0.5) is 0 Å². The van der Waals surface area contributed by atoms with Gasteiger partial charge in [-0.05, 0) is 24.8 Å². The van der Waals surface area contributed by atoms with E-state index in [9.17, 15) is 9.90 Å². The van der Waals surface area contributed by atoms with Crippen molar-refractivity contribution in [2.24, 2.45) is 17.3 Å². The second-order valence-electron chi connectivity index (χ2n) is 7.22. The van der Waals surface area contributed by atoms with Crippen molar-refractivity contribution < 1.29 is 9.90 Å². The van der Waals surface area contributed by atoms with Gasteiger partial charge < -0.3 is 10.0 Å². The first kappa shape index (κ1) is 14.6. The van der Waals surface area contributed by atoms with Gasteiger partial charge in [0, 0.05) is 31.4 Å². The van der Waals surface area contributed by atoms with Gasteiger partial charge in [0.05, 0.1) is 17.6 Å². The molecule has 0 radical (unpaired) electrons. The molecule has 2 atom stereocenters. The minimum Gasteiger partial charge on any atom is -0.387 e. The summed E-state index contributed by atoms with van der Waals surface area (Å²) in [6.07, 6.45) is 5.51. The molecule has 1 aliphatic heterocycles. The van der Waals surface area contributed by atoms with Crippen LogP contribution in [0.25, 0.3) is 0 Å². The van der Waals surface area contributed by atoms with Gasteiger partial charge in [-0.3, -0.25) is 9.48 Å². The number of nitrogens with zero attached hydrogens (tertiary/aromatic N) is 3. The molecule has 21 heavy (non-hydrogen) atoms. The van der Waals surface area contributed by atoms with E-state index in [0.29, 0.717) is 19.6 Å². The van der Waals surface area contributed by atoms with Crippen molar-refractivity contribution in [2.75, 3.05) is 13.1 Å². The Morgan fingerprint density at radius 1 is 1.48 bits per heavy atom. The maximum absolute atomic E-state index is 12.9. The third-order valence-electron chi connectivity index (χ3n) is 5.41. The number of β-amino-alcohol motifs (C(OH)–C–C–N with tert-alkyl or cyclic N) is 1. The molecule has 2 fully saturated rings. The summed E-state index contributed by atoms with van der Waals surface area (Å²) in [5, 5.41) is 15.0. The fourth-order valence-electron chi connectivity index (χ4n) is 3.55. The van der Waals surface area contributed by atoms with Crippen LogP contribution >= 0.6 is 0 Å². The van der Waals surface area contributed by atoms with E-state index in [1.54, 1.807) is 6.20 Å². The molecule has 1 aromatic rings. The van der Waals surface area contributed by atoms with Crippen molar-refractivity contribution in [3.63, 3.8) is 0 Å². The first-order chi connectivity index (χ1) is 9.87. The minimum atomic E-state index is -0.753. The van der Waals surface area contributed by atoms with E-state index >= 15 is 0 Å². The zero-order chi connectivity index (χ0) is 15.3. The SMILES string of the molecule is CC(C)[C@]1(O)CN(C(=O)C2(Cn3cccn3)CC2)C[C@H]1C. The summed E-state index contributed by atoms with van der Waals surface area (Å²) >= 11 is 0. The van der Waals surface area contributed by atoms with Crippen molar-refractivity contribution in [1.29, 1.82) is 0 Å². The van der Waals surface area contributed by atoms with Crippen molar-refractivity contribution >= 4 is 5.91 Å². The molecule has 1 amide bonds. The van der Waals surface area contributed by atoms with Gasteiger partial charge in [0.25, 0.3) is 0 Å². The lowest BCUT2D eigenvalue weighted by atomic mass is 9.82. The van der Waals surface area contributed by atoms with E-state index in [4.69, 9.17) is 0 Å². The van der Waals surface area contributed by atoms with E-state index in [1.807, 2.05) is 42.6 Å². The van der Waals surface area contributed by atoms with Gasteiger partial charge in [0.1, 0.15) is 0 Å². The van der Waals surface area contributed by atoms with E-state index in [2.05, 4.69) is 5.10 Å². The Labute approximate surface area is 125 Å². The molecule has 1 saturated heterocycles. The van der Waals surface area contributed by atoms with Crippen LogP contribution in [0, 0.1) is 17.3 Å². The summed E-state index contributed by atoms with van der Waals surface area (Å²) in [5.41, 5.74) is -1.04. The topological polar surface area (TPSA) is 58.4 Å². The number of aliphatic hydroxyl groups is 1. The average molecular weight is 291 g/mol. The fourth-order valence-corrected chi connectivity index (χ4v) is 3.55. The van der Waals surface area contributed by atoms with Gasteiger partial charge >= 0.3 is 0 Å². The van der Waals surface area contributed by atoms with E-state index in [-0.39, 0.29) is 23.2 Å². The standard InChI is InChI=1S/C16H25N3O2/c1-12(2)16(21)11-18(9-13(16)3)14(20)15(5-6-15)10-19-8-4-7-17-19/h4,7-8,12-13,21H,5-6,9-11H2,1-3H3/t13-,16-/m1/s1. The van der Waals surface area contributed by atoms with Crippen LogP contribution < -0.4 is 0 Å². The molecule has 116 valence electrons. The summed E-state index contributed by atoms with van der Waals surface area (Å²) in [6.45, 7) is 7.88. The van der Waals surface area contributed by atoms with Gasteiger partial charge in [-0.15, -0.1) is 0 Å². The largest absolute Gasteiger partial charge is 0.387 e. The number of hydrogen-bond acceptors (Lipinski definition) is 3. The Morgan fingerprint density at radius 2 is 2.19 bits per heavy atom. The molecular formula is C16H25N3O2. The lowest BCUT2D eigenvalue weighted by Gasteiger charge is -2.31. The molecule has 2 heterocycles. The smallest absolute Gasteiger partial charge is 0.230 e. The molecule has 0 bridgehead atoms. The Morgan fingerprint density at radius 3 is 2.67 bits per heavy atom. The van der Waals surface area contributed by atoms with Crippen LogP contribution in [-0.2, 0) is 11.3 Å². The number of carbonyl (C=O) groups is 1. The third kappa shape index (κ3) is 2.37. The molecule has 2 aliphatic rings. The Bertz CT molecular complexity index is 522. The quantitative estimate of drug-likeness (QED) is 0.915. The Balaban J connectivity index is 1.72. The summed E-state index contributed by atoms with van der Waals surface area (Å²) in [7, 11) is 0. The number of carbonyl (C=O) groups excluding carboxylic acids is 1. The predicted octanol–water partition coefficient (Wildman–Crippen LogP) is 1.53. The second-order valence-corrected chi connectivity index (χ2v) is 7.22. The zero-order valence-corrected chi connectivity index (χ0v) is 13.1. The Hall–Kier alpha value is -1.36. The molecule has 0 spiro atoms. The molecule has 5 nitrogen and oxygen atoms in total. The van der Waals surface area contributed by atoms with Gasteiger partial charge in [-0.25, -0.2) is 0 Å². The van der Waals surface area contributed by atoms with E-state index in [0.717, 1.165) is 12.8 Å². The number of aromatic nitrogens is 2. The van der Waals surface area contributed by atoms with Crippen molar-refractivity contribution in [2.45, 2.75) is 45.8 Å². The van der Waals surface area contributed by atoms with Crippen LogP contribution in [-0.4, -0.2) is 44.4 Å². The third-order valence-corrected chi connectivity index (χ3v) is 5.41. The molecule has 0 aromatic carbocycles. The Kier molecular flexibility index (Phi) is 3.35. The van der Waals surface area contributed by atoms with Crippen LogP contribution in [0.3, 0.4) is 0 Å². The minimum absolute atomic E-state index is 0.127. The van der Waals surface area contributed by atoms with Gasteiger partial charge in [-0.1, -0.05) is 20.8 Å². The molecule has 1 aliphatic carbocycles.